The first-order chi connectivity index (χ1) is 11.7. The third-order valence-corrected chi connectivity index (χ3v) is 4.79. The second kappa shape index (κ2) is 4.95. The fourth-order valence-electron chi connectivity index (χ4n) is 3.64. The monoisotopic (exact) mass is 347 g/mol. The molecule has 2 aliphatic heterocycles. The van der Waals surface area contributed by atoms with Crippen molar-refractivity contribution in [3.8, 4) is 5.75 Å². The maximum atomic E-state index is 14.8. The Balaban J connectivity index is 2.04. The van der Waals surface area contributed by atoms with Gasteiger partial charge < -0.3 is 25.0 Å². The lowest BCUT2D eigenvalue weighted by molar-refractivity contribution is 0.0694. The Kier molecular flexibility index (Phi) is 3.15. The molecule has 4 rings (SSSR count). The number of aromatic nitrogens is 1. The van der Waals surface area contributed by atoms with Crippen LogP contribution >= 0.6 is 0 Å². The highest BCUT2D eigenvalue weighted by Crippen LogP contribution is 2.43. The summed E-state index contributed by atoms with van der Waals surface area (Å²) in [7, 11) is 0. The molecule has 0 saturated carbocycles. The van der Waals surface area contributed by atoms with Gasteiger partial charge in [0.2, 0.25) is 5.43 Å². The summed E-state index contributed by atoms with van der Waals surface area (Å²) in [4.78, 5) is 25.6. The Morgan fingerprint density at radius 3 is 2.76 bits per heavy atom. The van der Waals surface area contributed by atoms with Gasteiger partial charge in [-0.3, -0.25) is 4.79 Å². The largest absolute Gasteiger partial charge is 0.487 e. The van der Waals surface area contributed by atoms with Gasteiger partial charge in [0.25, 0.3) is 0 Å². The summed E-state index contributed by atoms with van der Waals surface area (Å²) in [5, 5.41) is 9.29. The van der Waals surface area contributed by atoms with Crippen molar-refractivity contribution in [2.24, 2.45) is 5.73 Å². The number of benzene rings is 1. The molecular weight excluding hydrogens is 329 g/mol. The van der Waals surface area contributed by atoms with Gasteiger partial charge in [0.1, 0.15) is 17.9 Å². The van der Waals surface area contributed by atoms with Crippen LogP contribution in [0.25, 0.3) is 10.9 Å². The summed E-state index contributed by atoms with van der Waals surface area (Å²) in [6.45, 7) is 4.93. The third-order valence-electron chi connectivity index (χ3n) is 4.79. The SMILES string of the molecule is C[C@@H]1COc2c(N3CC(C)(N)C3)c(F)cc3c(=O)c(C(=O)O)cn1c23. The van der Waals surface area contributed by atoms with E-state index in [4.69, 9.17) is 10.5 Å². The van der Waals surface area contributed by atoms with Gasteiger partial charge in [-0.15, -0.1) is 0 Å². The predicted octanol–water partition coefficient (Wildman–Crippen LogP) is 1.33. The van der Waals surface area contributed by atoms with Crippen LogP contribution in [0.15, 0.2) is 17.1 Å². The van der Waals surface area contributed by atoms with Crippen LogP contribution in [0.1, 0.15) is 30.2 Å². The smallest absolute Gasteiger partial charge is 0.341 e. The molecule has 132 valence electrons. The molecule has 0 aliphatic carbocycles. The molecule has 2 aromatic rings. The lowest BCUT2D eigenvalue weighted by Crippen LogP contribution is -2.66. The highest BCUT2D eigenvalue weighted by molar-refractivity contribution is 5.97. The standard InChI is InChI=1S/C17H18FN3O4/c1-8-5-25-15-12-9(14(22)10(16(23)24)4-21(8)12)3-11(18)13(15)20-6-17(2,19)7-20/h3-4,8H,5-7,19H2,1-2H3,(H,23,24)/t8-/m1/s1. The lowest BCUT2D eigenvalue weighted by atomic mass is 9.92. The number of nitrogens with zero attached hydrogens (tertiary/aromatic N) is 2. The number of anilines is 1. The number of hydrogen-bond acceptors (Lipinski definition) is 5. The van der Waals surface area contributed by atoms with Crippen LogP contribution in [-0.2, 0) is 0 Å². The van der Waals surface area contributed by atoms with Crippen LogP contribution in [0.4, 0.5) is 10.1 Å². The Morgan fingerprint density at radius 1 is 1.48 bits per heavy atom. The van der Waals surface area contributed by atoms with Crippen LogP contribution in [-0.4, -0.2) is 40.9 Å². The minimum Gasteiger partial charge on any atom is -0.487 e. The van der Waals surface area contributed by atoms with E-state index < -0.39 is 22.8 Å². The Labute approximate surface area is 142 Å². The first kappa shape index (κ1) is 15.9. The van der Waals surface area contributed by atoms with Gasteiger partial charge in [-0.2, -0.15) is 0 Å². The summed E-state index contributed by atoms with van der Waals surface area (Å²) < 4.78 is 22.3. The maximum Gasteiger partial charge on any atom is 0.341 e. The molecule has 1 aromatic carbocycles. The maximum absolute atomic E-state index is 14.8. The molecule has 1 atom stereocenters. The second-order valence-electron chi connectivity index (χ2n) is 7.19. The van der Waals surface area contributed by atoms with Gasteiger partial charge in [-0.25, -0.2) is 9.18 Å². The average molecular weight is 347 g/mol. The molecule has 0 amide bonds. The van der Waals surface area contributed by atoms with Crippen molar-refractivity contribution in [3.63, 3.8) is 0 Å². The summed E-state index contributed by atoms with van der Waals surface area (Å²) in [5.74, 6) is -1.67. The van der Waals surface area contributed by atoms with Gasteiger partial charge >= 0.3 is 5.97 Å². The van der Waals surface area contributed by atoms with Crippen molar-refractivity contribution in [2.45, 2.75) is 25.4 Å². The zero-order valence-electron chi connectivity index (χ0n) is 13.9. The zero-order valence-corrected chi connectivity index (χ0v) is 13.9. The van der Waals surface area contributed by atoms with Crippen molar-refractivity contribution in [2.75, 3.05) is 24.6 Å². The topological polar surface area (TPSA) is 97.8 Å². The number of nitrogens with two attached hydrogens (primary N) is 1. The van der Waals surface area contributed by atoms with Gasteiger partial charge in [0.05, 0.1) is 16.9 Å². The third kappa shape index (κ3) is 2.21. The molecule has 0 unspecified atom stereocenters. The molecule has 1 saturated heterocycles. The van der Waals surface area contributed by atoms with Crippen molar-refractivity contribution in [1.82, 2.24) is 4.57 Å². The van der Waals surface area contributed by atoms with Crippen LogP contribution in [0.3, 0.4) is 0 Å². The molecule has 3 heterocycles. The van der Waals surface area contributed by atoms with Crippen LogP contribution < -0.4 is 20.8 Å². The zero-order chi connectivity index (χ0) is 18.1. The molecule has 3 N–H and O–H groups in total. The first-order valence-electron chi connectivity index (χ1n) is 8.01. The average Bonchev–Trinajstić information content (AvgIpc) is 2.49. The molecule has 2 aliphatic rings. The number of pyridine rings is 1. The van der Waals surface area contributed by atoms with Crippen molar-refractivity contribution in [1.29, 1.82) is 0 Å². The first-order valence-corrected chi connectivity index (χ1v) is 8.01. The van der Waals surface area contributed by atoms with E-state index in [1.165, 1.54) is 6.20 Å². The Hall–Kier alpha value is -2.61. The van der Waals surface area contributed by atoms with Crippen LogP contribution in [0.2, 0.25) is 0 Å². The molecule has 0 radical (unpaired) electrons. The number of ether oxygens (including phenoxy) is 1. The van der Waals surface area contributed by atoms with E-state index in [9.17, 15) is 19.1 Å². The number of carboxylic acid groups (broad SMARTS) is 1. The van der Waals surface area contributed by atoms with Gasteiger partial charge in [0.15, 0.2) is 11.6 Å². The number of halogens is 1. The molecule has 7 nitrogen and oxygen atoms in total. The number of hydrogen-bond donors (Lipinski definition) is 2. The fraction of sp³-hybridized carbons (Fsp3) is 0.412. The summed E-state index contributed by atoms with van der Waals surface area (Å²) in [6, 6.07) is 0.927. The number of rotatable bonds is 2. The Morgan fingerprint density at radius 2 is 2.16 bits per heavy atom. The minimum absolute atomic E-state index is 0.0127. The molecule has 8 heteroatoms. The van der Waals surface area contributed by atoms with Crippen molar-refractivity contribution >= 4 is 22.6 Å². The summed E-state index contributed by atoms with van der Waals surface area (Å²) in [6.07, 6.45) is 1.31. The van der Waals surface area contributed by atoms with Gasteiger partial charge in [0, 0.05) is 24.8 Å². The second-order valence-corrected chi connectivity index (χ2v) is 7.19. The number of carbonyl (C=O) groups is 1. The van der Waals surface area contributed by atoms with E-state index in [2.05, 4.69) is 0 Å². The van der Waals surface area contributed by atoms with Crippen molar-refractivity contribution in [3.05, 3.63) is 33.9 Å². The van der Waals surface area contributed by atoms with E-state index in [0.29, 0.717) is 18.6 Å². The van der Waals surface area contributed by atoms with E-state index in [0.717, 1.165) is 6.07 Å². The minimum atomic E-state index is -1.33. The number of aromatic carboxylic acids is 1. The summed E-state index contributed by atoms with van der Waals surface area (Å²) >= 11 is 0. The number of carboxylic acids is 1. The van der Waals surface area contributed by atoms with E-state index in [1.807, 2.05) is 13.8 Å². The van der Waals surface area contributed by atoms with E-state index >= 15 is 0 Å². The molecule has 0 bridgehead atoms. The molecule has 1 aromatic heterocycles. The van der Waals surface area contributed by atoms with Gasteiger partial charge in [-0.05, 0) is 19.9 Å². The Bertz CT molecular complexity index is 974. The fourth-order valence-corrected chi connectivity index (χ4v) is 3.64. The predicted molar refractivity (Wildman–Crippen MR) is 90.1 cm³/mol. The molecule has 25 heavy (non-hydrogen) atoms. The molecular formula is C17H18FN3O4. The highest BCUT2D eigenvalue weighted by Gasteiger charge is 2.39. The quantitative estimate of drug-likeness (QED) is 0.851. The highest BCUT2D eigenvalue weighted by atomic mass is 19.1. The van der Waals surface area contributed by atoms with E-state index in [-0.39, 0.29) is 35.0 Å². The van der Waals surface area contributed by atoms with Crippen LogP contribution in [0.5, 0.6) is 5.75 Å². The van der Waals surface area contributed by atoms with E-state index in [1.54, 1.807) is 9.47 Å². The molecule has 0 spiro atoms. The van der Waals surface area contributed by atoms with Crippen molar-refractivity contribution < 1.29 is 19.0 Å². The van der Waals surface area contributed by atoms with Crippen LogP contribution in [0, 0.1) is 5.82 Å². The lowest BCUT2D eigenvalue weighted by Gasteiger charge is -2.47. The summed E-state index contributed by atoms with van der Waals surface area (Å²) in [5.41, 5.74) is 5.23. The normalized spacial score (nSPS) is 21.0. The van der Waals surface area contributed by atoms with Gasteiger partial charge in [-0.1, -0.05) is 0 Å². The molecule has 1 fully saturated rings.